The van der Waals surface area contributed by atoms with Crippen LogP contribution in [0.1, 0.15) is 32.1 Å². The molecule has 1 unspecified atom stereocenters. The van der Waals surface area contributed by atoms with Gasteiger partial charge in [-0.25, -0.2) is 0 Å². The van der Waals surface area contributed by atoms with Crippen molar-refractivity contribution in [3.05, 3.63) is 0 Å². The molecule has 1 aliphatic rings. The van der Waals surface area contributed by atoms with E-state index in [-0.39, 0.29) is 17.0 Å². The largest absolute Gasteiger partial charge is 0.468 e. The second-order valence-corrected chi connectivity index (χ2v) is 5.08. The van der Waals surface area contributed by atoms with E-state index in [0.717, 1.165) is 25.7 Å². The van der Waals surface area contributed by atoms with E-state index in [1.54, 1.807) is 0 Å². The van der Waals surface area contributed by atoms with Gasteiger partial charge in [0.1, 0.15) is 5.75 Å². The van der Waals surface area contributed by atoms with Gasteiger partial charge in [0.2, 0.25) is 0 Å². The minimum Gasteiger partial charge on any atom is -0.468 e. The van der Waals surface area contributed by atoms with E-state index < -0.39 is 10.8 Å². The first-order valence-electron chi connectivity index (χ1n) is 4.68. The predicted octanol–water partition coefficient (Wildman–Crippen LogP) is 1.24. The molecular weight excluding hydrogens is 188 g/mol. The van der Waals surface area contributed by atoms with E-state index in [9.17, 15) is 9.00 Å². The van der Waals surface area contributed by atoms with Crippen LogP contribution in [0.3, 0.4) is 0 Å². The molecule has 76 valence electrons. The summed E-state index contributed by atoms with van der Waals surface area (Å²) in [5, 5.41) is 0.229. The van der Waals surface area contributed by atoms with Crippen molar-refractivity contribution in [1.82, 2.24) is 0 Å². The molecule has 0 aromatic rings. The lowest BCUT2D eigenvalue weighted by molar-refractivity contribution is -0.137. The molecule has 0 heterocycles. The van der Waals surface area contributed by atoms with Gasteiger partial charge in [-0.05, 0) is 12.8 Å². The number of hydrogen-bond donors (Lipinski definition) is 0. The Balaban J connectivity index is 2.33. The van der Waals surface area contributed by atoms with Crippen LogP contribution in [-0.2, 0) is 20.3 Å². The molecule has 1 rings (SSSR count). The molecule has 0 amide bonds. The molecule has 4 heteroatoms. The van der Waals surface area contributed by atoms with Gasteiger partial charge in [0, 0.05) is 16.0 Å². The molecule has 0 aromatic heterocycles. The van der Waals surface area contributed by atoms with Crippen LogP contribution in [0.5, 0.6) is 0 Å². The van der Waals surface area contributed by atoms with E-state index in [2.05, 4.69) is 4.74 Å². The average Bonchev–Trinajstić information content (AvgIpc) is 2.19. The number of esters is 1. The molecule has 1 atom stereocenters. The normalized spacial score (nSPS) is 21.0. The molecular formula is C9H16O3S. The number of methoxy groups -OCH3 is 1. The second kappa shape index (κ2) is 5.37. The Morgan fingerprint density at radius 1 is 1.38 bits per heavy atom. The lowest BCUT2D eigenvalue weighted by Gasteiger charge is -2.20. The zero-order chi connectivity index (χ0) is 9.68. The zero-order valence-electron chi connectivity index (χ0n) is 7.95. The summed E-state index contributed by atoms with van der Waals surface area (Å²) in [5.41, 5.74) is 0. The number of ether oxygens (including phenoxy) is 1. The highest BCUT2D eigenvalue weighted by atomic mass is 32.2. The van der Waals surface area contributed by atoms with Crippen molar-refractivity contribution in [2.75, 3.05) is 12.9 Å². The molecule has 3 nitrogen and oxygen atoms in total. The monoisotopic (exact) mass is 204 g/mol. The highest BCUT2D eigenvalue weighted by Crippen LogP contribution is 2.22. The topological polar surface area (TPSA) is 43.4 Å². The zero-order valence-corrected chi connectivity index (χ0v) is 8.77. The van der Waals surface area contributed by atoms with Crippen molar-refractivity contribution in [1.29, 1.82) is 0 Å². The molecule has 0 radical (unpaired) electrons. The van der Waals surface area contributed by atoms with Crippen molar-refractivity contribution < 1.29 is 13.7 Å². The molecule has 1 aliphatic carbocycles. The lowest BCUT2D eigenvalue weighted by Crippen LogP contribution is -2.24. The minimum atomic E-state index is -1.01. The van der Waals surface area contributed by atoms with Crippen molar-refractivity contribution >= 4 is 16.8 Å². The summed E-state index contributed by atoms with van der Waals surface area (Å²) >= 11 is 0. The van der Waals surface area contributed by atoms with E-state index in [1.165, 1.54) is 13.5 Å². The third-order valence-electron chi connectivity index (χ3n) is 2.41. The van der Waals surface area contributed by atoms with Crippen LogP contribution in [0.25, 0.3) is 0 Å². The maximum Gasteiger partial charge on any atom is 0.318 e. The summed E-state index contributed by atoms with van der Waals surface area (Å²) in [6, 6.07) is 0. The van der Waals surface area contributed by atoms with Crippen LogP contribution in [0, 0.1) is 0 Å². The van der Waals surface area contributed by atoms with Crippen molar-refractivity contribution in [2.24, 2.45) is 0 Å². The molecule has 1 saturated carbocycles. The van der Waals surface area contributed by atoms with Crippen LogP contribution in [0.15, 0.2) is 0 Å². The molecule has 1 fully saturated rings. The molecule has 0 bridgehead atoms. The highest BCUT2D eigenvalue weighted by molar-refractivity contribution is 7.86. The molecule has 13 heavy (non-hydrogen) atoms. The van der Waals surface area contributed by atoms with Crippen molar-refractivity contribution in [2.45, 2.75) is 37.4 Å². The molecule has 0 spiro atoms. The summed E-state index contributed by atoms with van der Waals surface area (Å²) < 4.78 is 16.1. The number of rotatable bonds is 3. The number of carbonyl (C=O) groups excluding carboxylic acids is 1. The Hall–Kier alpha value is -0.380. The van der Waals surface area contributed by atoms with Gasteiger partial charge < -0.3 is 4.74 Å². The van der Waals surface area contributed by atoms with Crippen LogP contribution >= 0.6 is 0 Å². The standard InChI is InChI=1S/C9H16O3S/c1-12-9(10)7-13(11)8-5-3-2-4-6-8/h8H,2-7H2,1H3. The third kappa shape index (κ3) is 3.46. The summed E-state index contributed by atoms with van der Waals surface area (Å²) in [6.45, 7) is 0. The average molecular weight is 204 g/mol. The summed E-state index contributed by atoms with van der Waals surface area (Å²) in [7, 11) is 0.323. The first-order chi connectivity index (χ1) is 6.24. The first-order valence-corrected chi connectivity index (χ1v) is 6.06. The number of hydrogen-bond acceptors (Lipinski definition) is 3. The Labute approximate surface area is 81.3 Å². The van der Waals surface area contributed by atoms with Gasteiger partial charge >= 0.3 is 5.97 Å². The fraction of sp³-hybridized carbons (Fsp3) is 0.889. The molecule has 0 aromatic carbocycles. The SMILES string of the molecule is COC(=O)CS(=O)C1CCCCC1. The van der Waals surface area contributed by atoms with Gasteiger partial charge in [-0.15, -0.1) is 0 Å². The molecule has 0 N–H and O–H groups in total. The van der Waals surface area contributed by atoms with Gasteiger partial charge in [-0.3, -0.25) is 9.00 Å². The van der Waals surface area contributed by atoms with Gasteiger partial charge in [-0.1, -0.05) is 19.3 Å². The number of carbonyl (C=O) groups is 1. The van der Waals surface area contributed by atoms with Gasteiger partial charge in [0.05, 0.1) is 7.11 Å². The Morgan fingerprint density at radius 3 is 2.54 bits per heavy atom. The van der Waals surface area contributed by atoms with Gasteiger partial charge in [0.15, 0.2) is 0 Å². The van der Waals surface area contributed by atoms with E-state index in [1.807, 2.05) is 0 Å². The van der Waals surface area contributed by atoms with Gasteiger partial charge in [-0.2, -0.15) is 0 Å². The van der Waals surface area contributed by atoms with Gasteiger partial charge in [0.25, 0.3) is 0 Å². The summed E-state index contributed by atoms with van der Waals surface area (Å²) in [4.78, 5) is 10.8. The van der Waals surface area contributed by atoms with Crippen molar-refractivity contribution in [3.63, 3.8) is 0 Å². The Morgan fingerprint density at radius 2 is 2.00 bits per heavy atom. The Bertz CT molecular complexity index is 197. The molecule has 0 saturated heterocycles. The van der Waals surface area contributed by atoms with E-state index in [0.29, 0.717) is 0 Å². The minimum absolute atomic E-state index is 0.0706. The van der Waals surface area contributed by atoms with Crippen LogP contribution < -0.4 is 0 Å². The fourth-order valence-electron chi connectivity index (χ4n) is 1.62. The third-order valence-corrected chi connectivity index (χ3v) is 4.15. The van der Waals surface area contributed by atoms with Crippen LogP contribution in [0.4, 0.5) is 0 Å². The summed E-state index contributed by atoms with van der Waals surface area (Å²) in [6.07, 6.45) is 5.55. The van der Waals surface area contributed by atoms with Crippen LogP contribution in [-0.4, -0.2) is 28.3 Å². The van der Waals surface area contributed by atoms with Crippen molar-refractivity contribution in [3.8, 4) is 0 Å². The van der Waals surface area contributed by atoms with Crippen LogP contribution in [0.2, 0.25) is 0 Å². The lowest BCUT2D eigenvalue weighted by atomic mass is 10.0. The quantitative estimate of drug-likeness (QED) is 0.650. The predicted molar refractivity (Wildman–Crippen MR) is 51.9 cm³/mol. The fourth-order valence-corrected chi connectivity index (χ4v) is 3.07. The molecule has 0 aliphatic heterocycles. The maximum atomic E-state index is 11.6. The second-order valence-electron chi connectivity index (χ2n) is 3.36. The highest BCUT2D eigenvalue weighted by Gasteiger charge is 2.21. The summed E-state index contributed by atoms with van der Waals surface area (Å²) in [5.74, 6) is -0.287. The van der Waals surface area contributed by atoms with E-state index in [4.69, 9.17) is 0 Å². The first kappa shape index (κ1) is 10.7. The maximum absolute atomic E-state index is 11.6. The smallest absolute Gasteiger partial charge is 0.318 e. The Kier molecular flexibility index (Phi) is 4.42. The van der Waals surface area contributed by atoms with E-state index >= 15 is 0 Å².